The lowest BCUT2D eigenvalue weighted by Gasteiger charge is -2.31. The molecule has 4 nitrogen and oxygen atoms in total. The van der Waals surface area contributed by atoms with Crippen molar-refractivity contribution in [1.82, 2.24) is 9.80 Å². The molecule has 1 aromatic heterocycles. The highest BCUT2D eigenvalue weighted by Crippen LogP contribution is 2.34. The number of ketones is 1. The first kappa shape index (κ1) is 15.5. The maximum Gasteiger partial charge on any atom is 0.188 e. The van der Waals surface area contributed by atoms with Crippen molar-refractivity contribution in [1.29, 1.82) is 0 Å². The SMILES string of the molecule is CN1CCN(CC(=O)c2sc(C(C)(C)C)cc2N)CC1. The number of carbonyl (C=O) groups is 1. The molecule has 2 N–H and O–H groups in total. The lowest BCUT2D eigenvalue weighted by atomic mass is 9.94. The number of nitrogens with two attached hydrogens (primary N) is 1. The molecule has 0 aromatic carbocycles. The van der Waals surface area contributed by atoms with Crippen LogP contribution in [0, 0.1) is 0 Å². The highest BCUT2D eigenvalue weighted by Gasteiger charge is 2.23. The molecule has 112 valence electrons. The fraction of sp³-hybridized carbons (Fsp3) is 0.667. The van der Waals surface area contributed by atoms with Crippen LogP contribution in [-0.2, 0) is 5.41 Å². The van der Waals surface area contributed by atoms with E-state index in [1.807, 2.05) is 6.07 Å². The Hall–Kier alpha value is -0.910. The molecule has 20 heavy (non-hydrogen) atoms. The average Bonchev–Trinajstić information content (AvgIpc) is 2.74. The molecular formula is C15H25N3OS. The molecule has 0 atom stereocenters. The maximum absolute atomic E-state index is 12.4. The van der Waals surface area contributed by atoms with E-state index in [0.717, 1.165) is 31.1 Å². The number of hydrogen-bond acceptors (Lipinski definition) is 5. The number of piperazine rings is 1. The monoisotopic (exact) mass is 295 g/mol. The Kier molecular flexibility index (Phi) is 4.52. The van der Waals surface area contributed by atoms with Crippen molar-refractivity contribution in [3.8, 4) is 0 Å². The van der Waals surface area contributed by atoms with Gasteiger partial charge >= 0.3 is 0 Å². The third-order valence-corrected chi connectivity index (χ3v) is 5.33. The number of hydrogen-bond donors (Lipinski definition) is 1. The molecule has 2 rings (SSSR count). The number of carbonyl (C=O) groups excluding carboxylic acids is 1. The van der Waals surface area contributed by atoms with Crippen molar-refractivity contribution in [3.63, 3.8) is 0 Å². The minimum absolute atomic E-state index is 0.0468. The summed E-state index contributed by atoms with van der Waals surface area (Å²) in [7, 11) is 2.12. The van der Waals surface area contributed by atoms with Crippen LogP contribution in [0.5, 0.6) is 0 Å². The standard InChI is InChI=1S/C15H25N3OS/c1-15(2,3)13-9-11(16)14(20-13)12(19)10-18-7-5-17(4)6-8-18/h9H,5-8,10,16H2,1-4H3. The Bertz CT molecular complexity index is 482. The van der Waals surface area contributed by atoms with Crippen LogP contribution < -0.4 is 5.73 Å². The molecular weight excluding hydrogens is 270 g/mol. The lowest BCUT2D eigenvalue weighted by Crippen LogP contribution is -2.46. The van der Waals surface area contributed by atoms with Gasteiger partial charge in [0.1, 0.15) is 0 Å². The van der Waals surface area contributed by atoms with Crippen molar-refractivity contribution in [2.45, 2.75) is 26.2 Å². The Balaban J connectivity index is 2.04. The van der Waals surface area contributed by atoms with Gasteiger partial charge in [0.15, 0.2) is 5.78 Å². The second-order valence-electron chi connectivity index (χ2n) is 6.65. The van der Waals surface area contributed by atoms with Crippen LogP contribution in [0.15, 0.2) is 6.07 Å². The van der Waals surface area contributed by atoms with Crippen molar-refractivity contribution < 1.29 is 4.79 Å². The summed E-state index contributed by atoms with van der Waals surface area (Å²) in [4.78, 5) is 18.8. The van der Waals surface area contributed by atoms with Gasteiger partial charge in [-0.25, -0.2) is 0 Å². The van der Waals surface area contributed by atoms with Gasteiger partial charge in [-0.05, 0) is 18.5 Å². The van der Waals surface area contributed by atoms with Gasteiger partial charge in [-0.2, -0.15) is 0 Å². The van der Waals surface area contributed by atoms with Gasteiger partial charge in [0.25, 0.3) is 0 Å². The largest absolute Gasteiger partial charge is 0.397 e. The minimum atomic E-state index is 0.0468. The number of nitrogens with zero attached hydrogens (tertiary/aromatic N) is 2. The fourth-order valence-corrected chi connectivity index (χ4v) is 3.34. The van der Waals surface area contributed by atoms with Crippen molar-refractivity contribution in [3.05, 3.63) is 15.8 Å². The normalized spacial score (nSPS) is 18.4. The zero-order chi connectivity index (χ0) is 14.9. The van der Waals surface area contributed by atoms with Crippen molar-refractivity contribution in [2.75, 3.05) is 45.5 Å². The van der Waals surface area contributed by atoms with Crippen LogP contribution in [0.25, 0.3) is 0 Å². The summed E-state index contributed by atoms with van der Waals surface area (Å²) in [6.45, 7) is 10.9. The van der Waals surface area contributed by atoms with Crippen LogP contribution in [0.1, 0.15) is 35.3 Å². The first-order valence-electron chi connectivity index (χ1n) is 7.11. The average molecular weight is 295 g/mol. The zero-order valence-corrected chi connectivity index (χ0v) is 13.7. The molecule has 0 amide bonds. The van der Waals surface area contributed by atoms with Crippen molar-refractivity contribution in [2.24, 2.45) is 0 Å². The van der Waals surface area contributed by atoms with Gasteiger partial charge in [-0.15, -0.1) is 11.3 Å². The van der Waals surface area contributed by atoms with Gasteiger partial charge in [-0.3, -0.25) is 9.69 Å². The lowest BCUT2D eigenvalue weighted by molar-refractivity contribution is 0.0881. The van der Waals surface area contributed by atoms with Gasteiger partial charge < -0.3 is 10.6 Å². The first-order chi connectivity index (χ1) is 9.27. The summed E-state index contributed by atoms with van der Waals surface area (Å²) in [5.41, 5.74) is 6.71. The van der Waals surface area contributed by atoms with Gasteiger partial charge in [0.2, 0.25) is 0 Å². The molecule has 0 spiro atoms. The Morgan fingerprint density at radius 2 is 1.90 bits per heavy atom. The molecule has 1 aliphatic rings. The van der Waals surface area contributed by atoms with Crippen LogP contribution in [0.4, 0.5) is 5.69 Å². The van der Waals surface area contributed by atoms with E-state index in [0.29, 0.717) is 12.2 Å². The maximum atomic E-state index is 12.4. The molecule has 0 bridgehead atoms. The van der Waals surface area contributed by atoms with Crippen LogP contribution in [-0.4, -0.2) is 55.4 Å². The minimum Gasteiger partial charge on any atom is -0.397 e. The summed E-state index contributed by atoms with van der Waals surface area (Å²) in [6, 6.07) is 1.96. The number of likely N-dealkylation sites (N-methyl/N-ethyl adjacent to an activating group) is 1. The molecule has 0 unspecified atom stereocenters. The number of nitrogen functional groups attached to an aromatic ring is 1. The quantitative estimate of drug-likeness (QED) is 0.867. The predicted molar refractivity (Wildman–Crippen MR) is 85.7 cm³/mol. The molecule has 1 aromatic rings. The Morgan fingerprint density at radius 1 is 1.30 bits per heavy atom. The fourth-order valence-electron chi connectivity index (χ4n) is 2.27. The molecule has 1 aliphatic heterocycles. The van der Waals surface area contributed by atoms with Crippen LogP contribution >= 0.6 is 11.3 Å². The van der Waals surface area contributed by atoms with E-state index in [4.69, 9.17) is 5.73 Å². The summed E-state index contributed by atoms with van der Waals surface area (Å²) < 4.78 is 0. The van der Waals surface area contributed by atoms with Crippen LogP contribution in [0.3, 0.4) is 0 Å². The van der Waals surface area contributed by atoms with E-state index in [1.165, 1.54) is 4.88 Å². The summed E-state index contributed by atoms with van der Waals surface area (Å²) in [6.07, 6.45) is 0. The highest BCUT2D eigenvalue weighted by molar-refractivity contribution is 7.14. The smallest absolute Gasteiger partial charge is 0.188 e. The number of Topliss-reactive ketones (excluding diaryl/α,β-unsaturated/α-hetero) is 1. The number of thiophene rings is 1. The third kappa shape index (κ3) is 3.59. The van der Waals surface area contributed by atoms with E-state index in [1.54, 1.807) is 11.3 Å². The summed E-state index contributed by atoms with van der Waals surface area (Å²) in [5, 5.41) is 0. The van der Waals surface area contributed by atoms with E-state index >= 15 is 0 Å². The molecule has 0 aliphatic carbocycles. The first-order valence-corrected chi connectivity index (χ1v) is 7.93. The summed E-state index contributed by atoms with van der Waals surface area (Å²) >= 11 is 1.55. The Labute approximate surface area is 125 Å². The second-order valence-corrected chi connectivity index (χ2v) is 7.70. The Morgan fingerprint density at radius 3 is 2.40 bits per heavy atom. The van der Waals surface area contributed by atoms with E-state index in [-0.39, 0.29) is 11.2 Å². The second kappa shape index (κ2) is 5.84. The zero-order valence-electron chi connectivity index (χ0n) is 12.9. The van der Waals surface area contributed by atoms with E-state index in [2.05, 4.69) is 37.6 Å². The highest BCUT2D eigenvalue weighted by atomic mass is 32.1. The van der Waals surface area contributed by atoms with Crippen molar-refractivity contribution >= 4 is 22.8 Å². The number of anilines is 1. The van der Waals surface area contributed by atoms with Crippen LogP contribution in [0.2, 0.25) is 0 Å². The topological polar surface area (TPSA) is 49.6 Å². The molecule has 0 radical (unpaired) electrons. The van der Waals surface area contributed by atoms with Gasteiger partial charge in [-0.1, -0.05) is 20.8 Å². The van der Waals surface area contributed by atoms with Gasteiger partial charge in [0.05, 0.1) is 17.1 Å². The molecule has 2 heterocycles. The molecule has 1 fully saturated rings. The van der Waals surface area contributed by atoms with Gasteiger partial charge in [0, 0.05) is 31.1 Å². The molecule has 0 saturated carbocycles. The number of rotatable bonds is 3. The predicted octanol–water partition coefficient (Wildman–Crippen LogP) is 2.06. The van der Waals surface area contributed by atoms with E-state index < -0.39 is 0 Å². The molecule has 5 heteroatoms. The molecule has 1 saturated heterocycles. The van der Waals surface area contributed by atoms with E-state index in [9.17, 15) is 4.79 Å². The third-order valence-electron chi connectivity index (χ3n) is 3.72. The summed E-state index contributed by atoms with van der Waals surface area (Å²) in [5.74, 6) is 0.160.